The fourth-order valence-corrected chi connectivity index (χ4v) is 4.86. The Morgan fingerprint density at radius 2 is 2.12 bits per heavy atom. The van der Waals surface area contributed by atoms with E-state index in [0.29, 0.717) is 23.3 Å². The fourth-order valence-electron chi connectivity index (χ4n) is 3.82. The second-order valence-electron chi connectivity index (χ2n) is 6.56. The molecule has 0 radical (unpaired) electrons. The van der Waals surface area contributed by atoms with Crippen LogP contribution in [0.3, 0.4) is 0 Å². The number of carbonyl (C=O) groups excluding carboxylic acids is 1. The molecule has 128 valence electrons. The molecule has 2 bridgehead atoms. The number of fused-ring (bicyclic) bond motifs is 3. The monoisotopic (exact) mass is 347 g/mol. The Balaban J connectivity index is 1.74. The zero-order chi connectivity index (χ0) is 16.7. The first-order valence-electron chi connectivity index (χ1n) is 8.41. The van der Waals surface area contributed by atoms with Gasteiger partial charge in [0.1, 0.15) is 21.9 Å². The summed E-state index contributed by atoms with van der Waals surface area (Å²) in [6.45, 7) is 7.72. The molecule has 7 heteroatoms. The molecule has 6 nitrogen and oxygen atoms in total. The van der Waals surface area contributed by atoms with Gasteiger partial charge in [-0.2, -0.15) is 0 Å². The van der Waals surface area contributed by atoms with E-state index in [4.69, 9.17) is 9.47 Å². The van der Waals surface area contributed by atoms with Crippen molar-refractivity contribution in [3.05, 3.63) is 16.8 Å². The Morgan fingerprint density at radius 1 is 1.38 bits per heavy atom. The van der Waals surface area contributed by atoms with Crippen molar-refractivity contribution < 1.29 is 14.3 Å². The molecule has 4 heterocycles. The minimum absolute atomic E-state index is 0.270. The summed E-state index contributed by atoms with van der Waals surface area (Å²) in [6.07, 6.45) is 2.84. The van der Waals surface area contributed by atoms with E-state index in [0.717, 1.165) is 47.9 Å². The molecular weight excluding hydrogens is 326 g/mol. The van der Waals surface area contributed by atoms with Gasteiger partial charge in [-0.3, -0.25) is 0 Å². The van der Waals surface area contributed by atoms with Gasteiger partial charge < -0.3 is 14.4 Å². The van der Waals surface area contributed by atoms with Gasteiger partial charge in [-0.15, -0.1) is 11.3 Å². The van der Waals surface area contributed by atoms with Crippen LogP contribution >= 0.6 is 11.3 Å². The molecule has 0 saturated carbocycles. The van der Waals surface area contributed by atoms with Crippen molar-refractivity contribution in [3.8, 4) is 0 Å². The Labute approximate surface area is 144 Å². The standard InChI is InChI=1S/C17H21N3O3S/c1-3-23-17(21)14-10(2)13-15(18-9-19-16(13)24-14)20-5-11-4-12(6-20)8-22-7-11/h9,11-12H,3-8H2,1-2H3. The molecule has 2 unspecified atom stereocenters. The minimum Gasteiger partial charge on any atom is -0.462 e. The average molecular weight is 347 g/mol. The van der Waals surface area contributed by atoms with E-state index in [-0.39, 0.29) is 5.97 Å². The number of aromatic nitrogens is 2. The smallest absolute Gasteiger partial charge is 0.348 e. The van der Waals surface area contributed by atoms with Crippen LogP contribution in [0.1, 0.15) is 28.6 Å². The summed E-state index contributed by atoms with van der Waals surface area (Å²) in [5.74, 6) is 1.80. The van der Waals surface area contributed by atoms with Crippen molar-refractivity contribution in [2.75, 3.05) is 37.8 Å². The maximum absolute atomic E-state index is 12.2. The highest BCUT2D eigenvalue weighted by atomic mass is 32.1. The van der Waals surface area contributed by atoms with Crippen LogP contribution < -0.4 is 4.90 Å². The second kappa shape index (κ2) is 6.29. The number of esters is 1. The van der Waals surface area contributed by atoms with Gasteiger partial charge in [0, 0.05) is 24.9 Å². The number of thiophene rings is 1. The molecule has 2 aliphatic rings. The molecule has 0 spiro atoms. The van der Waals surface area contributed by atoms with Gasteiger partial charge in [0.25, 0.3) is 0 Å². The predicted molar refractivity (Wildman–Crippen MR) is 92.7 cm³/mol. The first-order valence-corrected chi connectivity index (χ1v) is 9.23. The molecule has 0 amide bonds. The van der Waals surface area contributed by atoms with E-state index in [1.54, 1.807) is 6.33 Å². The minimum atomic E-state index is -0.270. The molecule has 0 aliphatic carbocycles. The number of hydrogen-bond acceptors (Lipinski definition) is 7. The summed E-state index contributed by atoms with van der Waals surface area (Å²) in [7, 11) is 0. The van der Waals surface area contributed by atoms with Crippen molar-refractivity contribution in [2.45, 2.75) is 20.3 Å². The van der Waals surface area contributed by atoms with Crippen molar-refractivity contribution in [1.29, 1.82) is 0 Å². The summed E-state index contributed by atoms with van der Waals surface area (Å²) < 4.78 is 10.9. The SMILES string of the molecule is CCOC(=O)c1sc2ncnc(N3CC4COCC(C4)C3)c2c1C. The summed E-state index contributed by atoms with van der Waals surface area (Å²) >= 11 is 1.39. The Hall–Kier alpha value is -1.73. The zero-order valence-electron chi connectivity index (χ0n) is 13.9. The van der Waals surface area contributed by atoms with Crippen molar-refractivity contribution in [2.24, 2.45) is 11.8 Å². The topological polar surface area (TPSA) is 64.5 Å². The molecule has 0 N–H and O–H groups in total. The van der Waals surface area contributed by atoms with Gasteiger partial charge >= 0.3 is 5.97 Å². The summed E-state index contributed by atoms with van der Waals surface area (Å²) in [4.78, 5) is 25.0. The largest absolute Gasteiger partial charge is 0.462 e. The number of ether oxygens (including phenoxy) is 2. The quantitative estimate of drug-likeness (QED) is 0.796. The zero-order valence-corrected chi connectivity index (χ0v) is 14.8. The van der Waals surface area contributed by atoms with Crippen LogP contribution in [-0.4, -0.2) is 48.8 Å². The first-order chi connectivity index (χ1) is 11.7. The number of rotatable bonds is 3. The van der Waals surface area contributed by atoms with E-state index in [1.807, 2.05) is 13.8 Å². The molecule has 2 aromatic heterocycles. The lowest BCUT2D eigenvalue weighted by Gasteiger charge is -2.41. The van der Waals surface area contributed by atoms with Gasteiger partial charge in [-0.1, -0.05) is 0 Å². The van der Waals surface area contributed by atoms with Crippen LogP contribution in [0.2, 0.25) is 0 Å². The van der Waals surface area contributed by atoms with Gasteiger partial charge in [0.05, 0.1) is 25.2 Å². The molecular formula is C17H21N3O3S. The average Bonchev–Trinajstić information content (AvgIpc) is 2.92. The van der Waals surface area contributed by atoms with Gasteiger partial charge in [-0.05, 0) is 25.8 Å². The molecule has 24 heavy (non-hydrogen) atoms. The molecule has 2 aliphatic heterocycles. The van der Waals surface area contributed by atoms with Crippen LogP contribution in [0, 0.1) is 18.8 Å². The van der Waals surface area contributed by atoms with E-state index in [9.17, 15) is 4.79 Å². The van der Waals surface area contributed by atoms with Crippen LogP contribution in [0.4, 0.5) is 5.82 Å². The van der Waals surface area contributed by atoms with E-state index >= 15 is 0 Å². The maximum atomic E-state index is 12.2. The van der Waals surface area contributed by atoms with Crippen molar-refractivity contribution in [1.82, 2.24) is 9.97 Å². The lowest BCUT2D eigenvalue weighted by molar-refractivity contribution is 0.00614. The normalized spacial score (nSPS) is 23.5. The van der Waals surface area contributed by atoms with Crippen LogP contribution in [0.25, 0.3) is 10.2 Å². The van der Waals surface area contributed by atoms with Gasteiger partial charge in [0.15, 0.2) is 0 Å². The third kappa shape index (κ3) is 2.65. The molecule has 0 aromatic carbocycles. The molecule has 2 fully saturated rings. The third-order valence-electron chi connectivity index (χ3n) is 4.80. The van der Waals surface area contributed by atoms with E-state index < -0.39 is 0 Å². The Kier molecular flexibility index (Phi) is 4.14. The highest BCUT2D eigenvalue weighted by Gasteiger charge is 2.33. The lowest BCUT2D eigenvalue weighted by Crippen LogP contribution is -2.47. The van der Waals surface area contributed by atoms with E-state index in [1.165, 1.54) is 17.8 Å². The highest BCUT2D eigenvalue weighted by Crippen LogP contribution is 2.38. The van der Waals surface area contributed by atoms with Gasteiger partial charge in [-0.25, -0.2) is 14.8 Å². The van der Waals surface area contributed by atoms with Crippen LogP contribution in [-0.2, 0) is 9.47 Å². The maximum Gasteiger partial charge on any atom is 0.348 e. The van der Waals surface area contributed by atoms with E-state index in [2.05, 4.69) is 14.9 Å². The fraction of sp³-hybridized carbons (Fsp3) is 0.588. The van der Waals surface area contributed by atoms with Crippen molar-refractivity contribution in [3.63, 3.8) is 0 Å². The van der Waals surface area contributed by atoms with Crippen LogP contribution in [0.15, 0.2) is 6.33 Å². The Bertz CT molecular complexity index is 764. The summed E-state index contributed by atoms with van der Waals surface area (Å²) in [6, 6.07) is 0. The number of nitrogens with zero attached hydrogens (tertiary/aromatic N) is 3. The second-order valence-corrected chi connectivity index (χ2v) is 7.56. The predicted octanol–water partition coefficient (Wildman–Crippen LogP) is 2.65. The molecule has 2 saturated heterocycles. The lowest BCUT2D eigenvalue weighted by atomic mass is 9.88. The summed E-state index contributed by atoms with van der Waals surface area (Å²) in [5.41, 5.74) is 0.927. The third-order valence-corrected chi connectivity index (χ3v) is 5.98. The Morgan fingerprint density at radius 3 is 2.83 bits per heavy atom. The number of carbonyl (C=O) groups is 1. The molecule has 2 aromatic rings. The molecule has 2 atom stereocenters. The number of aryl methyl sites for hydroxylation is 1. The highest BCUT2D eigenvalue weighted by molar-refractivity contribution is 7.20. The van der Waals surface area contributed by atoms with Crippen LogP contribution in [0.5, 0.6) is 0 Å². The van der Waals surface area contributed by atoms with Crippen molar-refractivity contribution >= 4 is 33.3 Å². The number of hydrogen-bond donors (Lipinski definition) is 0. The first kappa shape index (κ1) is 15.8. The molecule has 4 rings (SSSR count). The number of anilines is 1. The van der Waals surface area contributed by atoms with Gasteiger partial charge in [0.2, 0.25) is 0 Å². The number of piperidine rings is 1. The summed E-state index contributed by atoms with van der Waals surface area (Å²) in [5, 5.41) is 0.992.